The Labute approximate surface area is 144 Å². The minimum Gasteiger partial charge on any atom is -0.372 e. The number of nitrogens with one attached hydrogen (secondary N) is 1. The first kappa shape index (κ1) is 17.0. The van der Waals surface area contributed by atoms with E-state index in [1.54, 1.807) is 0 Å². The van der Waals surface area contributed by atoms with Crippen LogP contribution in [-0.4, -0.2) is 54.3 Å². The molecule has 3 heterocycles. The van der Waals surface area contributed by atoms with Crippen LogP contribution in [0, 0.1) is 0 Å². The highest BCUT2D eigenvalue weighted by atomic mass is 16.5. The lowest BCUT2D eigenvalue weighted by molar-refractivity contribution is -0.0545. The number of carbonyl (C=O) groups is 1. The molecule has 24 heavy (non-hydrogen) atoms. The van der Waals surface area contributed by atoms with Crippen LogP contribution >= 0.6 is 0 Å². The first-order chi connectivity index (χ1) is 11.6. The van der Waals surface area contributed by atoms with Gasteiger partial charge in [0.25, 0.3) is 0 Å². The summed E-state index contributed by atoms with van der Waals surface area (Å²) in [5.74, 6) is 1.02. The summed E-state index contributed by atoms with van der Waals surface area (Å²) in [4.78, 5) is 21.2. The number of hydrogen-bond donors (Lipinski definition) is 1. The largest absolute Gasteiger partial charge is 0.372 e. The Morgan fingerprint density at radius 1 is 1.25 bits per heavy atom. The number of hydrogen-bond acceptors (Lipinski definition) is 4. The van der Waals surface area contributed by atoms with Crippen molar-refractivity contribution in [2.24, 2.45) is 0 Å². The van der Waals surface area contributed by atoms with Crippen molar-refractivity contribution in [3.63, 3.8) is 0 Å². The van der Waals surface area contributed by atoms with E-state index in [4.69, 9.17) is 4.74 Å². The average Bonchev–Trinajstić information content (AvgIpc) is 2.60. The van der Waals surface area contributed by atoms with Gasteiger partial charge in [-0.15, -0.1) is 0 Å². The van der Waals surface area contributed by atoms with Crippen LogP contribution in [0.3, 0.4) is 0 Å². The van der Waals surface area contributed by atoms with Gasteiger partial charge in [0.15, 0.2) is 0 Å². The normalized spacial score (nSPS) is 24.8. The molecule has 0 spiro atoms. The molecule has 6 nitrogen and oxygen atoms in total. The number of morpholine rings is 1. The van der Waals surface area contributed by atoms with Gasteiger partial charge in [0.05, 0.1) is 12.2 Å². The first-order valence-electron chi connectivity index (χ1n) is 9.00. The summed E-state index contributed by atoms with van der Waals surface area (Å²) in [5, 5.41) is 3.05. The zero-order valence-corrected chi connectivity index (χ0v) is 14.7. The van der Waals surface area contributed by atoms with E-state index < -0.39 is 0 Å². The van der Waals surface area contributed by atoms with Gasteiger partial charge in [-0.2, -0.15) is 0 Å². The number of urea groups is 1. The van der Waals surface area contributed by atoms with E-state index in [1.807, 2.05) is 31.0 Å². The molecule has 0 aliphatic carbocycles. The second-order valence-corrected chi connectivity index (χ2v) is 6.85. The summed E-state index contributed by atoms with van der Waals surface area (Å²) in [7, 11) is 0. The molecule has 0 unspecified atom stereocenters. The molecule has 2 saturated heterocycles. The molecule has 2 aliphatic rings. The van der Waals surface area contributed by atoms with Crippen molar-refractivity contribution in [1.82, 2.24) is 15.2 Å². The van der Waals surface area contributed by atoms with Gasteiger partial charge >= 0.3 is 6.03 Å². The van der Waals surface area contributed by atoms with E-state index in [0.717, 1.165) is 24.5 Å². The fourth-order valence-corrected chi connectivity index (χ4v) is 3.59. The second-order valence-electron chi connectivity index (χ2n) is 6.85. The van der Waals surface area contributed by atoms with Gasteiger partial charge in [0.1, 0.15) is 5.82 Å². The lowest BCUT2D eigenvalue weighted by Gasteiger charge is -2.35. The Hall–Kier alpha value is -1.82. The quantitative estimate of drug-likeness (QED) is 0.923. The van der Waals surface area contributed by atoms with Crippen molar-refractivity contribution < 1.29 is 9.53 Å². The highest BCUT2D eigenvalue weighted by Gasteiger charge is 2.26. The third-order valence-corrected chi connectivity index (χ3v) is 4.66. The Balaban J connectivity index is 1.61. The highest BCUT2D eigenvalue weighted by Crippen LogP contribution is 2.21. The van der Waals surface area contributed by atoms with Gasteiger partial charge in [-0.3, -0.25) is 0 Å². The van der Waals surface area contributed by atoms with Gasteiger partial charge in [0.2, 0.25) is 0 Å². The van der Waals surface area contributed by atoms with E-state index in [9.17, 15) is 4.79 Å². The topological polar surface area (TPSA) is 57.7 Å². The number of pyridine rings is 1. The van der Waals surface area contributed by atoms with Crippen molar-refractivity contribution in [3.8, 4) is 0 Å². The number of carbonyl (C=O) groups excluding carboxylic acids is 1. The lowest BCUT2D eigenvalue weighted by atomic mass is 10.1. The number of ether oxygens (including phenoxy) is 1. The fraction of sp³-hybridized carbons (Fsp3) is 0.667. The summed E-state index contributed by atoms with van der Waals surface area (Å²) in [6.07, 6.45) is 5.73. The minimum absolute atomic E-state index is 0.0227. The zero-order chi connectivity index (χ0) is 16.9. The monoisotopic (exact) mass is 332 g/mol. The van der Waals surface area contributed by atoms with Crippen LogP contribution in [-0.2, 0) is 11.3 Å². The molecular weight excluding hydrogens is 304 g/mol. The average molecular weight is 332 g/mol. The van der Waals surface area contributed by atoms with Gasteiger partial charge in [0, 0.05) is 44.5 Å². The predicted octanol–water partition coefficient (Wildman–Crippen LogP) is 2.39. The molecule has 0 aromatic carbocycles. The van der Waals surface area contributed by atoms with Crippen molar-refractivity contribution in [1.29, 1.82) is 0 Å². The Kier molecular flexibility index (Phi) is 5.56. The Bertz CT molecular complexity index is 550. The maximum Gasteiger partial charge on any atom is 0.317 e. The molecular formula is C18H28N4O2. The molecule has 2 aliphatic heterocycles. The van der Waals surface area contributed by atoms with Crippen molar-refractivity contribution in [2.75, 3.05) is 31.1 Å². The maximum atomic E-state index is 12.5. The van der Waals surface area contributed by atoms with E-state index in [0.29, 0.717) is 19.6 Å². The summed E-state index contributed by atoms with van der Waals surface area (Å²) in [6.45, 7) is 7.91. The molecule has 1 N–H and O–H groups in total. The van der Waals surface area contributed by atoms with Gasteiger partial charge in [-0.05, 0) is 39.2 Å². The second kappa shape index (κ2) is 7.83. The third-order valence-electron chi connectivity index (χ3n) is 4.66. The number of anilines is 1. The van der Waals surface area contributed by atoms with E-state index in [1.165, 1.54) is 19.3 Å². The highest BCUT2D eigenvalue weighted by molar-refractivity contribution is 5.74. The summed E-state index contributed by atoms with van der Waals surface area (Å²) in [5.41, 5.74) is 1.09. The van der Waals surface area contributed by atoms with Crippen molar-refractivity contribution >= 4 is 11.8 Å². The third kappa shape index (κ3) is 4.17. The molecule has 0 radical (unpaired) electrons. The van der Waals surface area contributed by atoms with E-state index in [2.05, 4.69) is 21.3 Å². The first-order valence-corrected chi connectivity index (χ1v) is 9.00. The summed E-state index contributed by atoms with van der Waals surface area (Å²) >= 11 is 0. The standard InChI is InChI=1S/C18H28N4O2/c1-14-12-22(13-15(2)24-14)18(23)20-11-16-7-6-8-19-17(16)21-9-4-3-5-10-21/h6-8,14-15H,3-5,9-13H2,1-2H3,(H,20,23)/t14-,15-/m0/s1. The van der Waals surface area contributed by atoms with Gasteiger partial charge in [-0.25, -0.2) is 9.78 Å². The molecule has 3 rings (SSSR count). The van der Waals surface area contributed by atoms with E-state index >= 15 is 0 Å². The number of nitrogens with zero attached hydrogens (tertiary/aromatic N) is 3. The zero-order valence-electron chi connectivity index (χ0n) is 14.7. The van der Waals surface area contributed by atoms with Crippen molar-refractivity contribution in [2.45, 2.75) is 51.9 Å². The number of amides is 2. The van der Waals surface area contributed by atoms with Crippen LogP contribution in [0.2, 0.25) is 0 Å². The van der Waals surface area contributed by atoms with Gasteiger partial charge in [-0.1, -0.05) is 6.07 Å². The van der Waals surface area contributed by atoms with Crippen LogP contribution < -0.4 is 10.2 Å². The Morgan fingerprint density at radius 2 is 1.96 bits per heavy atom. The summed E-state index contributed by atoms with van der Waals surface area (Å²) in [6, 6.07) is 3.97. The number of piperidine rings is 1. The van der Waals surface area contributed by atoms with Gasteiger partial charge < -0.3 is 19.9 Å². The Morgan fingerprint density at radius 3 is 2.67 bits per heavy atom. The SMILES string of the molecule is C[C@H]1CN(C(=O)NCc2cccnc2N2CCCCC2)C[C@H](C)O1. The molecule has 2 amide bonds. The molecule has 6 heteroatoms. The minimum atomic E-state index is -0.0227. The molecule has 1 aromatic heterocycles. The predicted molar refractivity (Wildman–Crippen MR) is 94.1 cm³/mol. The molecule has 2 fully saturated rings. The smallest absolute Gasteiger partial charge is 0.317 e. The molecule has 2 atom stereocenters. The number of aromatic nitrogens is 1. The molecule has 0 saturated carbocycles. The maximum absolute atomic E-state index is 12.5. The fourth-order valence-electron chi connectivity index (χ4n) is 3.59. The van der Waals surface area contributed by atoms with Crippen LogP contribution in [0.25, 0.3) is 0 Å². The summed E-state index contributed by atoms with van der Waals surface area (Å²) < 4.78 is 5.69. The lowest BCUT2D eigenvalue weighted by Crippen LogP contribution is -2.51. The van der Waals surface area contributed by atoms with Crippen LogP contribution in [0.1, 0.15) is 38.7 Å². The number of rotatable bonds is 3. The molecule has 132 valence electrons. The van der Waals surface area contributed by atoms with Crippen molar-refractivity contribution in [3.05, 3.63) is 23.9 Å². The molecule has 0 bridgehead atoms. The van der Waals surface area contributed by atoms with E-state index in [-0.39, 0.29) is 18.2 Å². The van der Waals surface area contributed by atoms with Crippen LogP contribution in [0.4, 0.5) is 10.6 Å². The molecule has 1 aromatic rings. The van der Waals surface area contributed by atoms with Crippen LogP contribution in [0.15, 0.2) is 18.3 Å². The van der Waals surface area contributed by atoms with Crippen LogP contribution in [0.5, 0.6) is 0 Å².